The molecule has 0 aliphatic carbocycles. The quantitative estimate of drug-likeness (QED) is 0.0841. The predicted molar refractivity (Wildman–Crippen MR) is 300 cm³/mol. The van der Waals surface area contributed by atoms with Gasteiger partial charge in [0.2, 0.25) is 0 Å². The van der Waals surface area contributed by atoms with Gasteiger partial charge in [0.15, 0.2) is 0 Å². The first kappa shape index (κ1) is 50.7. The normalized spacial score (nSPS) is 13.0. The Hall–Kier alpha value is -8.82. The first-order valence-corrected chi connectivity index (χ1v) is 26.8. The summed E-state index contributed by atoms with van der Waals surface area (Å²) in [4.78, 5) is 34.6. The molecule has 12 nitrogen and oxygen atoms in total. The molecule has 4 heterocycles. The van der Waals surface area contributed by atoms with E-state index in [-0.39, 0.29) is 35.4 Å². The number of ether oxygens (including phenoxy) is 2. The van der Waals surface area contributed by atoms with Crippen LogP contribution in [-0.4, -0.2) is 54.5 Å². The molecule has 0 aliphatic rings. The number of benzene rings is 6. The van der Waals surface area contributed by atoms with Crippen molar-refractivity contribution in [2.24, 2.45) is 11.8 Å². The fourth-order valence-corrected chi connectivity index (χ4v) is 11.2. The van der Waals surface area contributed by atoms with Gasteiger partial charge in [0.1, 0.15) is 44.8 Å². The van der Waals surface area contributed by atoms with Crippen molar-refractivity contribution < 1.29 is 29.3 Å². The first-order valence-electron chi connectivity index (χ1n) is 25.1. The van der Waals surface area contributed by atoms with E-state index in [4.69, 9.17) is 19.4 Å². The summed E-state index contributed by atoms with van der Waals surface area (Å²) in [5, 5.41) is 46.9. The summed E-state index contributed by atoms with van der Waals surface area (Å²) in [6, 6.07) is 50.0. The minimum absolute atomic E-state index is 0.130. The highest BCUT2D eigenvalue weighted by Crippen LogP contribution is 2.39. The van der Waals surface area contributed by atoms with E-state index in [1.165, 1.54) is 22.7 Å². The monoisotopic (exact) mass is 1040 g/mol. The molecule has 2 N–H and O–H groups in total. The molecule has 6 aromatic carbocycles. The molecule has 10 aromatic rings. The van der Waals surface area contributed by atoms with E-state index in [2.05, 4.69) is 49.0 Å². The maximum absolute atomic E-state index is 12.2. The second-order valence-electron chi connectivity index (χ2n) is 19.0. The van der Waals surface area contributed by atoms with Crippen LogP contribution in [0.4, 0.5) is 0 Å². The zero-order chi connectivity index (χ0) is 53.0. The Bertz CT molecular complexity index is 3700. The lowest BCUT2D eigenvalue weighted by Gasteiger charge is -2.17. The number of rotatable bonds is 18. The maximum Gasteiger partial charge on any atom is 0.335 e. The van der Waals surface area contributed by atoms with Crippen LogP contribution < -0.4 is 20.2 Å². The number of fused-ring (bicyclic) bond motifs is 3. The van der Waals surface area contributed by atoms with Gasteiger partial charge >= 0.3 is 11.9 Å². The van der Waals surface area contributed by atoms with Gasteiger partial charge in [0.05, 0.1) is 66.9 Å². The van der Waals surface area contributed by atoms with Gasteiger partial charge in [0.25, 0.3) is 0 Å². The van der Waals surface area contributed by atoms with Crippen LogP contribution >= 0.6 is 22.7 Å². The number of thiazole rings is 2. The number of carboxylic acids is 2. The topological polar surface area (TPSA) is 176 Å². The third-order valence-corrected chi connectivity index (χ3v) is 15.9. The fourth-order valence-electron chi connectivity index (χ4n) is 9.26. The summed E-state index contributed by atoms with van der Waals surface area (Å²) >= 11 is 2.82. The van der Waals surface area contributed by atoms with Crippen LogP contribution in [0, 0.1) is 34.5 Å². The summed E-state index contributed by atoms with van der Waals surface area (Å²) in [5.41, 5.74) is 6.66. The Morgan fingerprint density at radius 2 is 0.921 bits per heavy atom. The number of para-hydroxylation sites is 2. The highest BCUT2D eigenvalue weighted by Gasteiger charge is 2.30. The highest BCUT2D eigenvalue weighted by atomic mass is 32.1. The van der Waals surface area contributed by atoms with Crippen molar-refractivity contribution in [3.63, 3.8) is 0 Å². The molecule has 0 amide bonds. The molecule has 76 heavy (non-hydrogen) atoms. The molecule has 0 aliphatic heterocycles. The number of hydrogen-bond donors (Lipinski definition) is 2. The number of carboxylic acid groups (broad SMARTS) is 2. The van der Waals surface area contributed by atoms with E-state index in [1.54, 1.807) is 48.5 Å². The molecule has 0 bridgehead atoms. The van der Waals surface area contributed by atoms with E-state index in [0.717, 1.165) is 55.5 Å². The van der Waals surface area contributed by atoms with Gasteiger partial charge in [-0.05, 0) is 131 Å². The van der Waals surface area contributed by atoms with Crippen molar-refractivity contribution in [1.29, 1.82) is 10.5 Å². The fraction of sp³-hybridized carbons (Fsp3) is 0.194. The molecule has 0 saturated carbocycles. The lowest BCUT2D eigenvalue weighted by Crippen LogP contribution is -2.25. The molecule has 2 unspecified atom stereocenters. The van der Waals surface area contributed by atoms with Crippen LogP contribution in [0.25, 0.3) is 64.9 Å². The van der Waals surface area contributed by atoms with Crippen LogP contribution in [0.1, 0.15) is 82.4 Å². The Balaban J connectivity index is 1.43. The van der Waals surface area contributed by atoms with Crippen LogP contribution in [0.5, 0.6) is 11.5 Å². The minimum Gasteiger partial charge on any atom is -0.493 e. The van der Waals surface area contributed by atoms with E-state index >= 15 is 0 Å². The Labute approximate surface area is 446 Å². The summed E-state index contributed by atoms with van der Waals surface area (Å²) in [6.07, 6.45) is 1.91. The average Bonchev–Trinajstić information content (AvgIpc) is 4.40. The first-order chi connectivity index (χ1) is 37.0. The van der Waals surface area contributed by atoms with Gasteiger partial charge in [-0.25, -0.2) is 19.6 Å². The maximum atomic E-state index is 12.2. The van der Waals surface area contributed by atoms with Gasteiger partial charge in [-0.1, -0.05) is 89.1 Å². The number of aromatic carboxylic acids is 2. The largest absolute Gasteiger partial charge is 0.493 e. The van der Waals surface area contributed by atoms with Crippen molar-refractivity contribution in [2.45, 2.75) is 53.6 Å². The zero-order valence-electron chi connectivity index (χ0n) is 42.3. The zero-order valence-corrected chi connectivity index (χ0v) is 43.9. The van der Waals surface area contributed by atoms with Crippen LogP contribution in [-0.2, 0) is 13.1 Å². The number of hydrogen-bond acceptors (Lipinski definition) is 10. The van der Waals surface area contributed by atoms with Gasteiger partial charge in [-0.15, -0.1) is 22.7 Å². The number of aromatic nitrogens is 4. The molecule has 4 aromatic heterocycles. The Kier molecular flexibility index (Phi) is 14.6. The average molecular weight is 1040 g/mol. The van der Waals surface area contributed by atoms with Crippen molar-refractivity contribution in [1.82, 2.24) is 19.1 Å². The third kappa shape index (κ3) is 10.1. The van der Waals surface area contributed by atoms with Crippen molar-refractivity contribution >= 4 is 77.0 Å². The van der Waals surface area contributed by atoms with Crippen LogP contribution in [0.3, 0.4) is 0 Å². The second-order valence-corrected chi connectivity index (χ2v) is 21.0. The second kappa shape index (κ2) is 21.9. The van der Waals surface area contributed by atoms with Crippen LogP contribution in [0.2, 0.25) is 0 Å². The van der Waals surface area contributed by atoms with Crippen LogP contribution in [0.15, 0.2) is 146 Å². The standard InChI is InChI=1S/C62H52N6O6S2/c1-5-37(3)35-73-45-27-23-41(24-28-45)55-53-54(58(67(55)33-39-15-19-43(20-16-39)61(69)70)48(32-64)60-66-50-12-8-10-14-52(50)76-60)56(42-25-29-46(30-26-42)74-36-38(4)6-2)68(34-40-17-21-44(22-18-40)62(71)72)57(53)47(31-63)59-65-49-11-7-9-13-51(49)75-59/h7-30,37-38H,5-6,33-36H2,1-4H3,(H,69,70)(H,71,72)/b57-47-,58-48-. The van der Waals surface area contributed by atoms with Gasteiger partial charge in [0, 0.05) is 23.9 Å². The number of carbonyl (C=O) groups is 2. The Morgan fingerprint density at radius 3 is 1.25 bits per heavy atom. The molecule has 0 saturated heterocycles. The third-order valence-electron chi connectivity index (χ3n) is 13.8. The number of nitrogens with zero attached hydrogens (tertiary/aromatic N) is 6. The minimum atomic E-state index is -1.05. The summed E-state index contributed by atoms with van der Waals surface area (Å²) in [5.74, 6) is -0.0856. The van der Waals surface area contributed by atoms with Crippen molar-refractivity contribution in [3.05, 3.63) is 189 Å². The highest BCUT2D eigenvalue weighted by molar-refractivity contribution is 7.20. The van der Waals surface area contributed by atoms with E-state index in [1.807, 2.05) is 97.1 Å². The van der Waals surface area contributed by atoms with Crippen molar-refractivity contribution in [2.75, 3.05) is 13.2 Å². The molecule has 0 spiro atoms. The molecule has 10 rings (SSSR count). The lowest BCUT2D eigenvalue weighted by molar-refractivity contribution is 0.0686. The Morgan fingerprint density at radius 1 is 0.553 bits per heavy atom. The molecule has 2 atom stereocenters. The lowest BCUT2D eigenvalue weighted by atomic mass is 10.0. The molecule has 0 fully saturated rings. The summed E-state index contributed by atoms with van der Waals surface area (Å²) < 4.78 is 18.6. The SMILES string of the molecule is CCC(C)COc1ccc(-c2c3/c(=C(\C#N)c4nc5ccccc5s4)n(Cc4ccc(C(=O)O)cc4)c(-c4ccc(OCC(C)CC)cc4)c3/c(=C(\C#N)c3nc4ccccc4s3)n2Cc2ccc(C(=O)O)cc2)cc1. The van der Waals surface area contributed by atoms with Gasteiger partial charge in [-0.3, -0.25) is 0 Å². The summed E-state index contributed by atoms with van der Waals surface area (Å²) in [7, 11) is 0. The molecule has 0 radical (unpaired) electrons. The van der Waals surface area contributed by atoms with Crippen molar-refractivity contribution in [3.8, 4) is 46.2 Å². The number of nitriles is 2. The predicted octanol–water partition coefficient (Wildman–Crippen LogP) is 12.8. The molecular formula is C62H52N6O6S2. The summed E-state index contributed by atoms with van der Waals surface area (Å²) in [6.45, 7) is 9.94. The molecule has 14 heteroatoms. The van der Waals surface area contributed by atoms with E-state index < -0.39 is 11.9 Å². The van der Waals surface area contributed by atoms with E-state index in [0.29, 0.717) is 79.4 Å². The van der Waals surface area contributed by atoms with Gasteiger partial charge in [-0.2, -0.15) is 10.5 Å². The van der Waals surface area contributed by atoms with E-state index in [9.17, 15) is 30.3 Å². The molecule has 378 valence electrons. The molecular weight excluding hydrogens is 989 g/mol. The van der Waals surface area contributed by atoms with Gasteiger partial charge < -0.3 is 28.8 Å². The smallest absolute Gasteiger partial charge is 0.335 e.